The first kappa shape index (κ1) is 6.89. The Balaban J connectivity index is 2.12. The number of allylic oxidation sites excluding steroid dienone is 1. The normalized spacial score (nSPS) is 28.0. The number of hydrogen-bond donors (Lipinski definition) is 1. The summed E-state index contributed by atoms with van der Waals surface area (Å²) in [7, 11) is 0. The van der Waals surface area contributed by atoms with Crippen molar-refractivity contribution in [3.05, 3.63) is 42.0 Å². The van der Waals surface area contributed by atoms with Crippen molar-refractivity contribution in [1.29, 1.82) is 0 Å². The molecule has 1 N–H and O–H groups in total. The van der Waals surface area contributed by atoms with Crippen LogP contribution in [0.15, 0.2) is 41.4 Å². The molecule has 0 aliphatic carbocycles. The lowest BCUT2D eigenvalue weighted by Gasteiger charge is -2.14. The predicted molar refractivity (Wildman–Crippen MR) is 54.2 cm³/mol. The molecule has 0 spiro atoms. The second-order valence-electron chi connectivity index (χ2n) is 3.39. The summed E-state index contributed by atoms with van der Waals surface area (Å²) in [4.78, 5) is 4.46. The van der Waals surface area contributed by atoms with Crippen molar-refractivity contribution in [3.8, 4) is 0 Å². The van der Waals surface area contributed by atoms with Gasteiger partial charge in [0.2, 0.25) is 0 Å². The van der Waals surface area contributed by atoms with E-state index in [1.54, 1.807) is 0 Å². The van der Waals surface area contributed by atoms with Crippen LogP contribution in [0.25, 0.3) is 0 Å². The smallest absolute Gasteiger partial charge is 0.101 e. The van der Waals surface area contributed by atoms with E-state index in [1.807, 2.05) is 12.3 Å². The summed E-state index contributed by atoms with van der Waals surface area (Å²) >= 11 is 0. The molecule has 0 saturated carbocycles. The number of para-hydroxylation sites is 1. The van der Waals surface area contributed by atoms with Crippen LogP contribution in [-0.2, 0) is 0 Å². The van der Waals surface area contributed by atoms with Crippen molar-refractivity contribution >= 4 is 11.9 Å². The third-order valence-electron chi connectivity index (χ3n) is 2.59. The minimum absolute atomic E-state index is 0.293. The molecular weight excluding hydrogens is 160 g/mol. The summed E-state index contributed by atoms with van der Waals surface area (Å²) in [6.45, 7) is 0. The Morgan fingerprint density at radius 1 is 1.23 bits per heavy atom. The minimum atomic E-state index is 0.293. The number of dihydropyridines is 1. The molecule has 13 heavy (non-hydrogen) atoms. The molecule has 2 heterocycles. The fourth-order valence-corrected chi connectivity index (χ4v) is 1.98. The fourth-order valence-electron chi connectivity index (χ4n) is 1.98. The highest BCUT2D eigenvalue weighted by molar-refractivity contribution is 5.75. The van der Waals surface area contributed by atoms with Crippen molar-refractivity contribution in [2.45, 2.75) is 12.1 Å². The Morgan fingerprint density at radius 2 is 2.15 bits per heavy atom. The Hall–Kier alpha value is -1.57. The van der Waals surface area contributed by atoms with Gasteiger partial charge in [-0.3, -0.25) is 4.99 Å². The molecule has 1 aromatic carbocycles. The molecule has 2 atom stereocenters. The van der Waals surface area contributed by atoms with E-state index in [4.69, 9.17) is 0 Å². The van der Waals surface area contributed by atoms with Crippen LogP contribution in [0.3, 0.4) is 0 Å². The summed E-state index contributed by atoms with van der Waals surface area (Å²) in [5.41, 5.74) is 2.54. The van der Waals surface area contributed by atoms with Crippen LogP contribution in [0.5, 0.6) is 0 Å². The third-order valence-corrected chi connectivity index (χ3v) is 2.59. The lowest BCUT2D eigenvalue weighted by Crippen LogP contribution is -2.18. The van der Waals surface area contributed by atoms with Crippen molar-refractivity contribution < 1.29 is 0 Å². The number of hydrogen-bond acceptors (Lipinski definition) is 2. The Labute approximate surface area is 77.0 Å². The van der Waals surface area contributed by atoms with Crippen LogP contribution in [0.1, 0.15) is 11.6 Å². The summed E-state index contributed by atoms with van der Waals surface area (Å²) in [5.74, 6) is 0. The topological polar surface area (TPSA) is 24.4 Å². The SMILES string of the molecule is C1=CC2Nc3ccccc3C2N=C1. The molecule has 3 rings (SSSR count). The second kappa shape index (κ2) is 2.46. The number of fused-ring (bicyclic) bond motifs is 3. The molecule has 2 heteroatoms. The standard InChI is InChI=1S/C11H10N2/c1-2-5-9-8(4-1)11-10(13-9)6-3-7-12-11/h1-7,10-11,13H. The van der Waals surface area contributed by atoms with Crippen LogP contribution in [0.4, 0.5) is 5.69 Å². The molecule has 0 bridgehead atoms. The number of anilines is 1. The van der Waals surface area contributed by atoms with E-state index in [9.17, 15) is 0 Å². The maximum atomic E-state index is 4.46. The van der Waals surface area contributed by atoms with Gasteiger partial charge in [0, 0.05) is 17.5 Å². The van der Waals surface area contributed by atoms with E-state index in [1.165, 1.54) is 11.3 Å². The van der Waals surface area contributed by atoms with Gasteiger partial charge in [-0.15, -0.1) is 0 Å². The third kappa shape index (κ3) is 0.917. The average molecular weight is 170 g/mol. The summed E-state index contributed by atoms with van der Waals surface area (Å²) in [6, 6.07) is 9.02. The van der Waals surface area contributed by atoms with E-state index in [-0.39, 0.29) is 0 Å². The Bertz CT molecular complexity index is 393. The quantitative estimate of drug-likeness (QED) is 0.634. The molecule has 64 valence electrons. The van der Waals surface area contributed by atoms with Crippen molar-refractivity contribution in [3.63, 3.8) is 0 Å². The van der Waals surface area contributed by atoms with Gasteiger partial charge in [0.1, 0.15) is 6.04 Å². The Morgan fingerprint density at radius 3 is 3.15 bits per heavy atom. The van der Waals surface area contributed by atoms with E-state index in [2.05, 4.69) is 40.7 Å². The van der Waals surface area contributed by atoms with Crippen LogP contribution in [0, 0.1) is 0 Å². The maximum absolute atomic E-state index is 4.46. The Kier molecular flexibility index (Phi) is 1.30. The zero-order chi connectivity index (χ0) is 8.67. The lowest BCUT2D eigenvalue weighted by atomic mass is 10.0. The minimum Gasteiger partial charge on any atom is -0.376 e. The average Bonchev–Trinajstić information content (AvgIpc) is 2.56. The van der Waals surface area contributed by atoms with Crippen molar-refractivity contribution in [1.82, 2.24) is 0 Å². The van der Waals surface area contributed by atoms with Gasteiger partial charge in [0.25, 0.3) is 0 Å². The highest BCUT2D eigenvalue weighted by Gasteiger charge is 2.29. The maximum Gasteiger partial charge on any atom is 0.101 e. The fraction of sp³-hybridized carbons (Fsp3) is 0.182. The molecule has 2 unspecified atom stereocenters. The van der Waals surface area contributed by atoms with Gasteiger partial charge in [-0.2, -0.15) is 0 Å². The monoisotopic (exact) mass is 170 g/mol. The number of nitrogens with one attached hydrogen (secondary N) is 1. The first-order valence-electron chi connectivity index (χ1n) is 4.50. The van der Waals surface area contributed by atoms with Crippen molar-refractivity contribution in [2.75, 3.05) is 5.32 Å². The molecule has 0 saturated heterocycles. The molecule has 1 aromatic rings. The van der Waals surface area contributed by atoms with Gasteiger partial charge in [-0.1, -0.05) is 24.3 Å². The molecular formula is C11H10N2. The summed E-state index contributed by atoms with van der Waals surface area (Å²) in [6.07, 6.45) is 6.04. The number of nitrogens with zero attached hydrogens (tertiary/aromatic N) is 1. The summed E-state index contributed by atoms with van der Waals surface area (Å²) < 4.78 is 0. The van der Waals surface area contributed by atoms with Gasteiger partial charge in [-0.25, -0.2) is 0 Å². The first-order chi connectivity index (χ1) is 6.45. The summed E-state index contributed by atoms with van der Waals surface area (Å²) in [5, 5.41) is 3.44. The number of aliphatic imine (C=N–C) groups is 1. The number of rotatable bonds is 0. The van der Waals surface area contributed by atoms with Gasteiger partial charge in [0.05, 0.1) is 6.04 Å². The highest BCUT2D eigenvalue weighted by atomic mass is 15.0. The molecule has 2 aliphatic rings. The van der Waals surface area contributed by atoms with Crippen LogP contribution in [0.2, 0.25) is 0 Å². The second-order valence-corrected chi connectivity index (χ2v) is 3.39. The van der Waals surface area contributed by atoms with E-state index in [0.717, 1.165) is 0 Å². The molecule has 0 radical (unpaired) electrons. The predicted octanol–water partition coefficient (Wildman–Crippen LogP) is 2.16. The highest BCUT2D eigenvalue weighted by Crippen LogP contribution is 2.37. The molecule has 2 nitrogen and oxygen atoms in total. The van der Waals surface area contributed by atoms with Gasteiger partial charge < -0.3 is 5.32 Å². The van der Waals surface area contributed by atoms with E-state index < -0.39 is 0 Å². The van der Waals surface area contributed by atoms with Crippen molar-refractivity contribution in [2.24, 2.45) is 4.99 Å². The van der Waals surface area contributed by atoms with E-state index in [0.29, 0.717) is 12.1 Å². The van der Waals surface area contributed by atoms with Gasteiger partial charge in [0.15, 0.2) is 0 Å². The largest absolute Gasteiger partial charge is 0.376 e. The molecule has 0 aromatic heterocycles. The van der Waals surface area contributed by atoms with Crippen LogP contribution < -0.4 is 5.32 Å². The molecule has 2 aliphatic heterocycles. The number of benzene rings is 1. The lowest BCUT2D eigenvalue weighted by molar-refractivity contribution is 0.709. The van der Waals surface area contributed by atoms with Gasteiger partial charge >= 0.3 is 0 Å². The first-order valence-corrected chi connectivity index (χ1v) is 4.50. The van der Waals surface area contributed by atoms with Crippen LogP contribution in [-0.4, -0.2) is 12.3 Å². The van der Waals surface area contributed by atoms with E-state index >= 15 is 0 Å². The zero-order valence-corrected chi connectivity index (χ0v) is 7.14. The van der Waals surface area contributed by atoms with Crippen LogP contribution >= 0.6 is 0 Å². The molecule has 0 amide bonds. The zero-order valence-electron chi connectivity index (χ0n) is 7.14. The molecule has 0 fully saturated rings. The van der Waals surface area contributed by atoms with Gasteiger partial charge in [-0.05, 0) is 12.1 Å².